The molecule has 1 N–H and O–H groups in total. The molecule has 2 aromatic rings. The Morgan fingerprint density at radius 1 is 1.23 bits per heavy atom. The summed E-state index contributed by atoms with van der Waals surface area (Å²) in [6.07, 6.45) is 1.14. The lowest BCUT2D eigenvalue weighted by Crippen LogP contribution is -2.29. The van der Waals surface area contributed by atoms with Gasteiger partial charge in [-0.3, -0.25) is 4.79 Å². The lowest BCUT2D eigenvalue weighted by atomic mass is 10.0. The van der Waals surface area contributed by atoms with Crippen molar-refractivity contribution >= 4 is 23.4 Å². The molecule has 2 saturated heterocycles. The number of amides is 1. The first-order valence-electron chi connectivity index (χ1n) is 10.4. The summed E-state index contributed by atoms with van der Waals surface area (Å²) in [4.78, 5) is 29.0. The third kappa shape index (κ3) is 4.57. The van der Waals surface area contributed by atoms with E-state index in [1.807, 2.05) is 0 Å². The molecule has 2 atom stereocenters. The maximum absolute atomic E-state index is 13.1. The van der Waals surface area contributed by atoms with Gasteiger partial charge in [-0.25, -0.2) is 15.0 Å². The Hall–Kier alpha value is -2.91. The Kier molecular flexibility index (Phi) is 5.72. The fourth-order valence-corrected chi connectivity index (χ4v) is 4.24. The highest BCUT2D eigenvalue weighted by molar-refractivity contribution is 5.74. The van der Waals surface area contributed by atoms with Crippen LogP contribution in [0, 0.1) is 0 Å². The Morgan fingerprint density at radius 2 is 2.03 bits per heavy atom. The number of likely N-dealkylation sites (tertiary alicyclic amines) is 1. The number of halogens is 3. The minimum absolute atomic E-state index is 0.000927. The number of carbonyl (C=O) groups excluding carboxylic acids is 1. The molecule has 166 valence electrons. The van der Waals surface area contributed by atoms with Gasteiger partial charge < -0.3 is 15.1 Å². The summed E-state index contributed by atoms with van der Waals surface area (Å²) in [5.41, 5.74) is 0.434. The Morgan fingerprint density at radius 3 is 2.68 bits per heavy atom. The molecule has 0 spiro atoms. The molecule has 10 heteroatoms. The first-order valence-corrected chi connectivity index (χ1v) is 10.4. The third-order valence-electron chi connectivity index (χ3n) is 5.99. The van der Waals surface area contributed by atoms with Crippen LogP contribution in [0.2, 0.25) is 0 Å². The molecule has 0 saturated carbocycles. The maximum Gasteiger partial charge on any atom is 0.416 e. The smallest absolute Gasteiger partial charge is 0.342 e. The van der Waals surface area contributed by atoms with Crippen LogP contribution in [0.4, 0.5) is 30.6 Å². The van der Waals surface area contributed by atoms with Crippen molar-refractivity contribution in [2.75, 3.05) is 29.9 Å². The molecular weight excluding hydrogens is 409 g/mol. The highest BCUT2D eigenvalue weighted by Gasteiger charge is 2.32. The van der Waals surface area contributed by atoms with Crippen LogP contribution in [0.5, 0.6) is 0 Å². The van der Waals surface area contributed by atoms with Crippen molar-refractivity contribution in [3.63, 3.8) is 0 Å². The number of anilines is 3. The van der Waals surface area contributed by atoms with Crippen LogP contribution >= 0.6 is 0 Å². The number of hydrogen-bond acceptors (Lipinski definition) is 6. The summed E-state index contributed by atoms with van der Waals surface area (Å²) >= 11 is 0. The number of nitrogens with zero attached hydrogens (tertiary/aromatic N) is 5. The largest absolute Gasteiger partial charge is 0.416 e. The normalized spacial score (nSPS) is 21.6. The lowest BCUT2D eigenvalue weighted by molar-refractivity contribution is -0.137. The zero-order valence-electron chi connectivity index (χ0n) is 17.5. The van der Waals surface area contributed by atoms with Gasteiger partial charge in [-0.1, -0.05) is 0 Å². The lowest BCUT2D eigenvalue weighted by Gasteiger charge is -2.24. The summed E-state index contributed by atoms with van der Waals surface area (Å²) in [5.74, 6) is 0.656. The maximum atomic E-state index is 13.1. The molecule has 2 aromatic heterocycles. The molecule has 2 fully saturated rings. The van der Waals surface area contributed by atoms with E-state index < -0.39 is 11.7 Å². The van der Waals surface area contributed by atoms with Crippen LogP contribution in [-0.2, 0) is 11.0 Å². The fraction of sp³-hybridized carbons (Fsp3) is 0.524. The van der Waals surface area contributed by atoms with Gasteiger partial charge in [0.05, 0.1) is 23.1 Å². The predicted molar refractivity (Wildman–Crippen MR) is 110 cm³/mol. The van der Waals surface area contributed by atoms with Gasteiger partial charge in [0, 0.05) is 44.7 Å². The molecule has 0 aliphatic carbocycles. The molecule has 4 rings (SSSR count). The standard InChI is InChI=1S/C21H25F3N6O/c1-13-4-3-8-30(13)20-26-11-17(19(28-20)15-6-9-29(12-15)14(2)31)27-18-10-16(5-7-25-18)21(22,23)24/h5,7,10-11,13,15H,3-4,6,8-9,12H2,1-2H3,(H,25,27). The van der Waals surface area contributed by atoms with Crippen molar-refractivity contribution in [1.29, 1.82) is 0 Å². The van der Waals surface area contributed by atoms with E-state index in [1.165, 1.54) is 6.92 Å². The van der Waals surface area contributed by atoms with Gasteiger partial charge in [-0.2, -0.15) is 13.2 Å². The number of carbonyl (C=O) groups is 1. The number of hydrogen-bond donors (Lipinski definition) is 1. The van der Waals surface area contributed by atoms with E-state index in [-0.39, 0.29) is 17.6 Å². The van der Waals surface area contributed by atoms with Crippen molar-refractivity contribution in [2.24, 2.45) is 0 Å². The second-order valence-corrected chi connectivity index (χ2v) is 8.16. The molecule has 0 radical (unpaired) electrons. The molecule has 0 aromatic carbocycles. The van der Waals surface area contributed by atoms with E-state index in [0.717, 1.165) is 44.1 Å². The summed E-state index contributed by atoms with van der Waals surface area (Å²) in [5, 5.41) is 2.98. The van der Waals surface area contributed by atoms with Crippen molar-refractivity contribution in [2.45, 2.75) is 51.2 Å². The molecule has 7 nitrogen and oxygen atoms in total. The molecule has 31 heavy (non-hydrogen) atoms. The molecule has 2 aliphatic rings. The molecule has 2 unspecified atom stereocenters. The van der Waals surface area contributed by atoms with Crippen molar-refractivity contribution in [3.8, 4) is 0 Å². The summed E-state index contributed by atoms with van der Waals surface area (Å²) < 4.78 is 39.3. The highest BCUT2D eigenvalue weighted by atomic mass is 19.4. The van der Waals surface area contributed by atoms with Crippen LogP contribution in [0.3, 0.4) is 0 Å². The van der Waals surface area contributed by atoms with Gasteiger partial charge in [0.1, 0.15) is 5.82 Å². The Bertz CT molecular complexity index is 966. The van der Waals surface area contributed by atoms with Gasteiger partial charge >= 0.3 is 6.18 Å². The second kappa shape index (κ2) is 8.32. The van der Waals surface area contributed by atoms with E-state index in [1.54, 1.807) is 11.1 Å². The van der Waals surface area contributed by atoms with Crippen molar-refractivity contribution < 1.29 is 18.0 Å². The molecule has 1 amide bonds. The zero-order chi connectivity index (χ0) is 22.2. The van der Waals surface area contributed by atoms with Crippen LogP contribution in [-0.4, -0.2) is 51.4 Å². The van der Waals surface area contributed by atoms with Crippen LogP contribution in [0.25, 0.3) is 0 Å². The van der Waals surface area contributed by atoms with E-state index in [0.29, 0.717) is 36.5 Å². The van der Waals surface area contributed by atoms with Gasteiger partial charge in [-0.15, -0.1) is 0 Å². The summed E-state index contributed by atoms with van der Waals surface area (Å²) in [6, 6.07) is 2.23. The topological polar surface area (TPSA) is 74.2 Å². The minimum Gasteiger partial charge on any atom is -0.342 e. The Balaban J connectivity index is 1.67. The quantitative estimate of drug-likeness (QED) is 0.785. The van der Waals surface area contributed by atoms with E-state index in [4.69, 9.17) is 4.98 Å². The first kappa shape index (κ1) is 21.3. The number of aromatic nitrogens is 3. The minimum atomic E-state index is -4.46. The van der Waals surface area contributed by atoms with Crippen molar-refractivity contribution in [1.82, 2.24) is 19.9 Å². The summed E-state index contributed by atoms with van der Waals surface area (Å²) in [6.45, 7) is 5.67. The van der Waals surface area contributed by atoms with Gasteiger partial charge in [0.15, 0.2) is 0 Å². The third-order valence-corrected chi connectivity index (χ3v) is 5.99. The van der Waals surface area contributed by atoms with Gasteiger partial charge in [-0.05, 0) is 38.3 Å². The number of rotatable bonds is 4. The van der Waals surface area contributed by atoms with Gasteiger partial charge in [0.25, 0.3) is 0 Å². The monoisotopic (exact) mass is 434 g/mol. The number of nitrogens with one attached hydrogen (secondary N) is 1. The molecular formula is C21H25F3N6O. The number of alkyl halides is 3. The first-order chi connectivity index (χ1) is 14.7. The van der Waals surface area contributed by atoms with E-state index >= 15 is 0 Å². The second-order valence-electron chi connectivity index (χ2n) is 8.16. The summed E-state index contributed by atoms with van der Waals surface area (Å²) in [7, 11) is 0. The molecule has 2 aliphatic heterocycles. The van der Waals surface area contributed by atoms with Crippen molar-refractivity contribution in [3.05, 3.63) is 35.8 Å². The van der Waals surface area contributed by atoms with Crippen LogP contribution < -0.4 is 10.2 Å². The van der Waals surface area contributed by atoms with Gasteiger partial charge in [0.2, 0.25) is 11.9 Å². The van der Waals surface area contributed by atoms with E-state index in [9.17, 15) is 18.0 Å². The SMILES string of the molecule is CC(=O)N1CCC(c2nc(N3CCCC3C)ncc2Nc2cc(C(F)(F)F)ccn2)C1. The number of pyridine rings is 1. The average molecular weight is 434 g/mol. The predicted octanol–water partition coefficient (Wildman–Crippen LogP) is 3.96. The van der Waals surface area contributed by atoms with E-state index in [2.05, 4.69) is 27.1 Å². The van der Waals surface area contributed by atoms with Crippen LogP contribution in [0.15, 0.2) is 24.5 Å². The Labute approximate surface area is 178 Å². The molecule has 4 heterocycles. The van der Waals surface area contributed by atoms with Crippen LogP contribution in [0.1, 0.15) is 50.3 Å². The highest BCUT2D eigenvalue weighted by Crippen LogP contribution is 2.35. The average Bonchev–Trinajstić information content (AvgIpc) is 3.37. The fourth-order valence-electron chi connectivity index (χ4n) is 4.24. The zero-order valence-corrected chi connectivity index (χ0v) is 17.5. The molecule has 0 bridgehead atoms.